The first-order chi connectivity index (χ1) is 11.0. The average Bonchev–Trinajstić information content (AvgIpc) is 2.85. The van der Waals surface area contributed by atoms with E-state index in [9.17, 15) is 14.4 Å². The first kappa shape index (κ1) is 15.2. The van der Waals surface area contributed by atoms with Crippen LogP contribution in [0.3, 0.4) is 0 Å². The maximum absolute atomic E-state index is 13.1. The molecule has 114 valence electrons. The van der Waals surface area contributed by atoms with Crippen molar-refractivity contribution < 1.29 is 4.39 Å². The molecule has 0 bridgehead atoms. The molecule has 1 N–H and O–H groups in total. The Morgan fingerprint density at radius 1 is 1.13 bits per heavy atom. The minimum atomic E-state index is -0.437. The summed E-state index contributed by atoms with van der Waals surface area (Å²) in [6.45, 7) is 3.95. The highest BCUT2D eigenvalue weighted by atomic mass is 32.1. The number of rotatable bonds is 2. The van der Waals surface area contributed by atoms with Crippen LogP contribution in [0.2, 0.25) is 0 Å². The third-order valence-electron chi connectivity index (χ3n) is 3.63. The Hall–Kier alpha value is -2.71. The summed E-state index contributed by atoms with van der Waals surface area (Å²) >= 11 is 1.62. The van der Waals surface area contributed by atoms with E-state index in [-0.39, 0.29) is 11.4 Å². The van der Waals surface area contributed by atoms with Gasteiger partial charge in [0, 0.05) is 21.0 Å². The fraction of sp³-hybridized carbons (Fsp3) is 0.111. The number of H-pyrrole nitrogens is 1. The molecule has 3 rings (SSSR count). The fourth-order valence-electron chi connectivity index (χ4n) is 2.57. The molecule has 0 saturated heterocycles. The second kappa shape index (κ2) is 5.82. The van der Waals surface area contributed by atoms with Gasteiger partial charge >= 0.3 is 0 Å². The number of nitrogens with one attached hydrogen (secondary N) is 1. The monoisotopic (exact) mass is 324 g/mol. The van der Waals surface area contributed by atoms with E-state index >= 15 is 0 Å². The second-order valence-electron chi connectivity index (χ2n) is 5.25. The summed E-state index contributed by atoms with van der Waals surface area (Å²) in [5, 5.41) is 9.34. The van der Waals surface area contributed by atoms with Crippen LogP contribution in [0.4, 0.5) is 4.39 Å². The lowest BCUT2D eigenvalue weighted by molar-refractivity contribution is 0.628. The van der Waals surface area contributed by atoms with Gasteiger partial charge in [-0.1, -0.05) is 0 Å². The van der Waals surface area contributed by atoms with Crippen molar-refractivity contribution in [2.75, 3.05) is 0 Å². The molecule has 2 heterocycles. The Kier molecular flexibility index (Phi) is 3.85. The van der Waals surface area contributed by atoms with Crippen LogP contribution < -0.4 is 5.56 Å². The number of benzene rings is 1. The van der Waals surface area contributed by atoms with Crippen molar-refractivity contribution in [3.63, 3.8) is 0 Å². The molecule has 0 aliphatic rings. The van der Waals surface area contributed by atoms with Crippen LogP contribution in [0.5, 0.6) is 0 Å². The summed E-state index contributed by atoms with van der Waals surface area (Å²) in [6, 6.07) is 11.6. The number of nitriles is 1. The maximum Gasteiger partial charge on any atom is 0.266 e. The van der Waals surface area contributed by atoms with Crippen molar-refractivity contribution >= 4 is 11.3 Å². The molecular weight excluding hydrogens is 311 g/mol. The minimum Gasteiger partial charge on any atom is -0.321 e. The van der Waals surface area contributed by atoms with E-state index in [1.54, 1.807) is 29.5 Å². The van der Waals surface area contributed by atoms with E-state index in [1.807, 2.05) is 26.0 Å². The van der Waals surface area contributed by atoms with E-state index in [0.717, 1.165) is 15.3 Å². The molecule has 0 saturated carbocycles. The maximum atomic E-state index is 13.1. The van der Waals surface area contributed by atoms with Crippen LogP contribution in [-0.2, 0) is 0 Å². The zero-order valence-electron chi connectivity index (χ0n) is 12.6. The van der Waals surface area contributed by atoms with Gasteiger partial charge in [0.25, 0.3) is 5.56 Å². The van der Waals surface area contributed by atoms with E-state index in [2.05, 4.69) is 4.98 Å². The smallest absolute Gasteiger partial charge is 0.266 e. The minimum absolute atomic E-state index is 0.0942. The zero-order chi connectivity index (χ0) is 16.6. The molecule has 0 unspecified atom stereocenters. The number of nitrogens with zero attached hydrogens (tertiary/aromatic N) is 1. The quantitative estimate of drug-likeness (QED) is 0.759. The third-order valence-corrected chi connectivity index (χ3v) is 4.60. The van der Waals surface area contributed by atoms with Gasteiger partial charge in [0.15, 0.2) is 0 Å². The van der Waals surface area contributed by atoms with E-state index < -0.39 is 5.56 Å². The SMILES string of the molecule is Cc1cc(-c2cc(-c3ccc(F)cc3)[nH]c(=O)c2C#N)c(C)s1. The van der Waals surface area contributed by atoms with Crippen molar-refractivity contribution in [1.82, 2.24) is 4.98 Å². The van der Waals surface area contributed by atoms with Crippen LogP contribution >= 0.6 is 11.3 Å². The summed E-state index contributed by atoms with van der Waals surface area (Å²) < 4.78 is 13.1. The van der Waals surface area contributed by atoms with Gasteiger partial charge < -0.3 is 4.98 Å². The third kappa shape index (κ3) is 2.81. The largest absolute Gasteiger partial charge is 0.321 e. The van der Waals surface area contributed by atoms with Crippen molar-refractivity contribution in [2.45, 2.75) is 13.8 Å². The molecule has 1 aromatic carbocycles. The van der Waals surface area contributed by atoms with Crippen molar-refractivity contribution in [1.29, 1.82) is 5.26 Å². The number of halogens is 1. The number of pyridine rings is 1. The lowest BCUT2D eigenvalue weighted by Crippen LogP contribution is -2.12. The van der Waals surface area contributed by atoms with Gasteiger partial charge in [-0.3, -0.25) is 4.79 Å². The molecule has 0 amide bonds. The van der Waals surface area contributed by atoms with Crippen molar-refractivity contribution in [3.8, 4) is 28.5 Å². The lowest BCUT2D eigenvalue weighted by Gasteiger charge is -2.08. The molecular formula is C18H13FN2OS. The van der Waals surface area contributed by atoms with Gasteiger partial charge in [0.05, 0.1) is 0 Å². The Morgan fingerprint density at radius 2 is 1.83 bits per heavy atom. The normalized spacial score (nSPS) is 10.5. The predicted molar refractivity (Wildman–Crippen MR) is 90.0 cm³/mol. The first-order valence-electron chi connectivity index (χ1n) is 7.00. The van der Waals surface area contributed by atoms with Crippen LogP contribution in [-0.4, -0.2) is 4.98 Å². The Labute approximate surface area is 136 Å². The molecule has 0 spiro atoms. The molecule has 0 radical (unpaired) electrons. The zero-order valence-corrected chi connectivity index (χ0v) is 13.4. The van der Waals surface area contributed by atoms with Crippen LogP contribution in [0.25, 0.3) is 22.4 Å². The Bertz CT molecular complexity index is 978. The van der Waals surface area contributed by atoms with E-state index in [4.69, 9.17) is 0 Å². The van der Waals surface area contributed by atoms with Crippen LogP contribution in [0, 0.1) is 31.0 Å². The van der Waals surface area contributed by atoms with Crippen LogP contribution in [0.15, 0.2) is 41.2 Å². The Balaban J connectivity index is 2.27. The lowest BCUT2D eigenvalue weighted by atomic mass is 9.99. The number of thiophene rings is 1. The van der Waals surface area contributed by atoms with Gasteiger partial charge in [0.1, 0.15) is 17.4 Å². The van der Waals surface area contributed by atoms with E-state index in [0.29, 0.717) is 16.8 Å². The standard InChI is InChI=1S/C18H13FN2OS/c1-10-7-14(11(2)23-10)15-8-17(21-18(22)16(15)9-20)12-3-5-13(19)6-4-12/h3-8H,1-2H3,(H,21,22). The molecule has 2 aromatic heterocycles. The molecule has 0 fully saturated rings. The van der Waals surface area contributed by atoms with E-state index in [1.165, 1.54) is 12.1 Å². The number of aromatic amines is 1. The highest BCUT2D eigenvalue weighted by Gasteiger charge is 2.15. The summed E-state index contributed by atoms with van der Waals surface area (Å²) in [6.07, 6.45) is 0. The number of hydrogen-bond donors (Lipinski definition) is 1. The highest BCUT2D eigenvalue weighted by molar-refractivity contribution is 7.12. The summed E-state index contributed by atoms with van der Waals surface area (Å²) in [5.41, 5.74) is 2.41. The van der Waals surface area contributed by atoms with Gasteiger partial charge in [0.2, 0.25) is 0 Å². The number of aryl methyl sites for hydroxylation is 2. The summed E-state index contributed by atoms with van der Waals surface area (Å²) in [7, 11) is 0. The number of aromatic nitrogens is 1. The van der Waals surface area contributed by atoms with Gasteiger partial charge in [-0.25, -0.2) is 4.39 Å². The topological polar surface area (TPSA) is 56.6 Å². The predicted octanol–water partition coefficient (Wildman–Crippen LogP) is 4.40. The highest BCUT2D eigenvalue weighted by Crippen LogP contribution is 2.33. The average molecular weight is 324 g/mol. The molecule has 0 atom stereocenters. The molecule has 0 aliphatic heterocycles. The summed E-state index contributed by atoms with van der Waals surface area (Å²) in [4.78, 5) is 17.1. The Morgan fingerprint density at radius 3 is 2.39 bits per heavy atom. The summed E-state index contributed by atoms with van der Waals surface area (Å²) in [5.74, 6) is -0.339. The fourth-order valence-corrected chi connectivity index (χ4v) is 3.50. The number of hydrogen-bond acceptors (Lipinski definition) is 3. The molecule has 5 heteroatoms. The molecule has 23 heavy (non-hydrogen) atoms. The van der Waals surface area contributed by atoms with Gasteiger partial charge in [-0.05, 0) is 61.4 Å². The second-order valence-corrected chi connectivity index (χ2v) is 6.71. The van der Waals surface area contributed by atoms with Crippen molar-refractivity contribution in [2.24, 2.45) is 0 Å². The van der Waals surface area contributed by atoms with Crippen molar-refractivity contribution in [3.05, 3.63) is 67.9 Å². The van der Waals surface area contributed by atoms with Crippen LogP contribution in [0.1, 0.15) is 15.3 Å². The molecule has 0 aliphatic carbocycles. The molecule has 3 aromatic rings. The van der Waals surface area contributed by atoms with Gasteiger partial charge in [-0.15, -0.1) is 11.3 Å². The van der Waals surface area contributed by atoms with Gasteiger partial charge in [-0.2, -0.15) is 5.26 Å². The molecule has 3 nitrogen and oxygen atoms in total. The first-order valence-corrected chi connectivity index (χ1v) is 7.82.